The van der Waals surface area contributed by atoms with Gasteiger partial charge in [0.1, 0.15) is 24.2 Å². The topological polar surface area (TPSA) is 208 Å². The van der Waals surface area contributed by atoms with Crippen molar-refractivity contribution in [3.8, 4) is 0 Å². The molecule has 3 amide bonds. The fourth-order valence-corrected chi connectivity index (χ4v) is 2.47. The molecule has 0 aliphatic rings. The number of hydrogen-bond donors (Lipinski definition) is 7. The molecule has 12 nitrogen and oxygen atoms in total. The number of nitrogens with two attached hydrogens (primary N) is 1. The molecule has 0 aromatic heterocycles. The molecule has 0 saturated carbocycles. The maximum Gasteiger partial charge on any atom is 0.326 e. The molecular formula is C19H26N4O8. The highest BCUT2D eigenvalue weighted by Crippen LogP contribution is 2.05. The normalized spacial score (nSPS) is 14.4. The summed E-state index contributed by atoms with van der Waals surface area (Å²) in [6.07, 6.45) is -0.783. The van der Waals surface area contributed by atoms with Gasteiger partial charge in [0.15, 0.2) is 0 Å². The van der Waals surface area contributed by atoms with Crippen LogP contribution in [0.2, 0.25) is 0 Å². The van der Waals surface area contributed by atoms with E-state index in [0.29, 0.717) is 5.56 Å². The van der Waals surface area contributed by atoms with Gasteiger partial charge in [-0.3, -0.25) is 19.2 Å². The van der Waals surface area contributed by atoms with E-state index in [4.69, 9.17) is 21.1 Å². The molecule has 1 rings (SSSR count). The van der Waals surface area contributed by atoms with Crippen LogP contribution in [0.3, 0.4) is 0 Å². The Kier molecular flexibility index (Phi) is 10.1. The maximum absolute atomic E-state index is 12.7. The first-order chi connectivity index (χ1) is 14.5. The van der Waals surface area contributed by atoms with Gasteiger partial charge in [0.2, 0.25) is 17.7 Å². The van der Waals surface area contributed by atoms with Crippen LogP contribution in [0.15, 0.2) is 30.3 Å². The summed E-state index contributed by atoms with van der Waals surface area (Å²) in [6.45, 7) is 0.637. The molecule has 12 heteroatoms. The van der Waals surface area contributed by atoms with Gasteiger partial charge in [0, 0.05) is 6.42 Å². The molecule has 8 N–H and O–H groups in total. The molecule has 1 aromatic rings. The van der Waals surface area contributed by atoms with Crippen molar-refractivity contribution in [2.75, 3.05) is 6.61 Å². The first kappa shape index (κ1) is 25.5. The van der Waals surface area contributed by atoms with Crippen LogP contribution >= 0.6 is 0 Å². The number of hydrogen-bond acceptors (Lipinski definition) is 7. The standard InChI is InChI=1S/C19H26N4O8/c1-10(16(27)23-14(19(30)31)8-15(25)26)21-18(29)13(22-17(28)12(20)9-24)7-11-5-3-2-4-6-11/h2-6,10,12-14,24H,7-9,20H2,1H3,(H,21,29)(H,22,28)(H,23,27)(H,25,26)(H,30,31). The van der Waals surface area contributed by atoms with E-state index in [1.807, 2.05) is 5.32 Å². The quantitative estimate of drug-likeness (QED) is 0.185. The van der Waals surface area contributed by atoms with Gasteiger partial charge in [0.05, 0.1) is 13.0 Å². The predicted molar refractivity (Wildman–Crippen MR) is 107 cm³/mol. The van der Waals surface area contributed by atoms with E-state index < -0.39 is 66.9 Å². The van der Waals surface area contributed by atoms with Gasteiger partial charge in [-0.05, 0) is 12.5 Å². The van der Waals surface area contributed by atoms with Crippen LogP contribution in [0, 0.1) is 0 Å². The summed E-state index contributed by atoms with van der Waals surface area (Å²) in [7, 11) is 0. The smallest absolute Gasteiger partial charge is 0.326 e. The second-order valence-electron chi connectivity index (χ2n) is 6.77. The summed E-state index contributed by atoms with van der Waals surface area (Å²) in [6, 6.07) is 3.37. The van der Waals surface area contributed by atoms with E-state index in [-0.39, 0.29) is 6.42 Å². The highest BCUT2D eigenvalue weighted by Gasteiger charge is 2.29. The SMILES string of the molecule is CC(NC(=O)C(Cc1ccccc1)NC(=O)C(N)CO)C(=O)NC(CC(=O)O)C(=O)O. The molecule has 31 heavy (non-hydrogen) atoms. The second-order valence-corrected chi connectivity index (χ2v) is 6.77. The van der Waals surface area contributed by atoms with Crippen molar-refractivity contribution in [3.63, 3.8) is 0 Å². The number of aliphatic hydroxyl groups excluding tert-OH is 1. The maximum atomic E-state index is 12.7. The zero-order valence-corrected chi connectivity index (χ0v) is 16.8. The molecular weight excluding hydrogens is 412 g/mol. The van der Waals surface area contributed by atoms with Gasteiger partial charge < -0.3 is 37.0 Å². The third-order valence-electron chi connectivity index (χ3n) is 4.19. The van der Waals surface area contributed by atoms with Gasteiger partial charge in [-0.2, -0.15) is 0 Å². The fourth-order valence-electron chi connectivity index (χ4n) is 2.47. The van der Waals surface area contributed by atoms with Crippen molar-refractivity contribution < 1.29 is 39.3 Å². The minimum atomic E-state index is -1.67. The average Bonchev–Trinajstić information content (AvgIpc) is 2.72. The number of aliphatic carboxylic acids is 2. The van der Waals surface area contributed by atoms with Crippen LogP contribution in [0.25, 0.3) is 0 Å². The van der Waals surface area contributed by atoms with Crippen molar-refractivity contribution in [3.05, 3.63) is 35.9 Å². The Morgan fingerprint density at radius 3 is 2.00 bits per heavy atom. The van der Waals surface area contributed by atoms with E-state index in [0.717, 1.165) is 0 Å². The highest BCUT2D eigenvalue weighted by molar-refractivity contribution is 5.94. The van der Waals surface area contributed by atoms with Gasteiger partial charge in [-0.25, -0.2) is 4.79 Å². The number of nitrogens with one attached hydrogen (secondary N) is 3. The fraction of sp³-hybridized carbons (Fsp3) is 0.421. The number of carboxylic acid groups (broad SMARTS) is 2. The highest BCUT2D eigenvalue weighted by atomic mass is 16.4. The lowest BCUT2D eigenvalue weighted by Crippen LogP contribution is -2.57. The number of aliphatic hydroxyl groups is 1. The minimum absolute atomic E-state index is 0.0572. The Morgan fingerprint density at radius 2 is 1.48 bits per heavy atom. The molecule has 0 spiro atoms. The summed E-state index contributed by atoms with van der Waals surface area (Å²) in [5.41, 5.74) is 6.17. The van der Waals surface area contributed by atoms with Crippen LogP contribution in [-0.2, 0) is 30.4 Å². The number of carbonyl (C=O) groups is 5. The Morgan fingerprint density at radius 1 is 0.903 bits per heavy atom. The predicted octanol–water partition coefficient (Wildman–Crippen LogP) is -2.42. The number of rotatable bonds is 12. The molecule has 0 radical (unpaired) electrons. The Balaban J connectivity index is 2.87. The minimum Gasteiger partial charge on any atom is -0.481 e. The van der Waals surface area contributed by atoms with Crippen molar-refractivity contribution in [1.29, 1.82) is 0 Å². The molecule has 4 atom stereocenters. The molecule has 0 bridgehead atoms. The zero-order valence-electron chi connectivity index (χ0n) is 16.8. The average molecular weight is 438 g/mol. The zero-order chi connectivity index (χ0) is 23.6. The van der Waals surface area contributed by atoms with Gasteiger partial charge in [0.25, 0.3) is 0 Å². The summed E-state index contributed by atoms with van der Waals surface area (Å²) >= 11 is 0. The van der Waals surface area contributed by atoms with E-state index >= 15 is 0 Å². The van der Waals surface area contributed by atoms with Crippen LogP contribution in [0.4, 0.5) is 0 Å². The Labute approximate surface area is 177 Å². The third kappa shape index (κ3) is 8.80. The Bertz CT molecular complexity index is 801. The number of amides is 3. The van der Waals surface area contributed by atoms with E-state index in [1.54, 1.807) is 30.3 Å². The van der Waals surface area contributed by atoms with Crippen molar-refractivity contribution in [2.45, 2.75) is 43.9 Å². The number of carboxylic acids is 2. The van der Waals surface area contributed by atoms with E-state index in [1.165, 1.54) is 6.92 Å². The lowest BCUT2D eigenvalue weighted by atomic mass is 10.0. The van der Waals surface area contributed by atoms with Crippen molar-refractivity contribution >= 4 is 29.7 Å². The van der Waals surface area contributed by atoms with Gasteiger partial charge >= 0.3 is 11.9 Å². The molecule has 1 aromatic carbocycles. The summed E-state index contributed by atoms with van der Waals surface area (Å²) in [5.74, 6) is -5.41. The first-order valence-corrected chi connectivity index (χ1v) is 9.31. The van der Waals surface area contributed by atoms with Crippen molar-refractivity contribution in [1.82, 2.24) is 16.0 Å². The van der Waals surface area contributed by atoms with Crippen LogP contribution in [0.5, 0.6) is 0 Å². The van der Waals surface area contributed by atoms with Crippen LogP contribution in [-0.4, -0.2) is 75.8 Å². The van der Waals surface area contributed by atoms with E-state index in [2.05, 4.69) is 10.6 Å². The molecule has 0 aliphatic carbocycles. The summed E-state index contributed by atoms with van der Waals surface area (Å²) in [4.78, 5) is 58.8. The lowest BCUT2D eigenvalue weighted by Gasteiger charge is -2.23. The summed E-state index contributed by atoms with van der Waals surface area (Å²) < 4.78 is 0. The molecule has 0 saturated heterocycles. The van der Waals surface area contributed by atoms with Gasteiger partial charge in [-0.1, -0.05) is 30.3 Å². The van der Waals surface area contributed by atoms with Crippen LogP contribution < -0.4 is 21.7 Å². The van der Waals surface area contributed by atoms with E-state index in [9.17, 15) is 24.0 Å². The third-order valence-corrected chi connectivity index (χ3v) is 4.19. The first-order valence-electron chi connectivity index (χ1n) is 9.31. The molecule has 0 aliphatic heterocycles. The lowest BCUT2D eigenvalue weighted by molar-refractivity contribution is -0.147. The molecule has 0 fully saturated rings. The number of benzene rings is 1. The second kappa shape index (κ2) is 12.2. The monoisotopic (exact) mass is 438 g/mol. The molecule has 170 valence electrons. The Hall–Kier alpha value is -3.51. The largest absolute Gasteiger partial charge is 0.481 e. The van der Waals surface area contributed by atoms with Crippen molar-refractivity contribution in [2.24, 2.45) is 5.73 Å². The molecule has 0 heterocycles. The van der Waals surface area contributed by atoms with Crippen LogP contribution in [0.1, 0.15) is 18.9 Å². The number of carbonyl (C=O) groups excluding carboxylic acids is 3. The molecule has 4 unspecified atom stereocenters. The van der Waals surface area contributed by atoms with Gasteiger partial charge in [-0.15, -0.1) is 0 Å². The summed E-state index contributed by atoms with van der Waals surface area (Å²) in [5, 5.41) is 33.6.